The molecule has 1 aromatic carbocycles. The normalized spacial score (nSPS) is 26.8. The van der Waals surface area contributed by atoms with Gasteiger partial charge in [-0.25, -0.2) is 8.42 Å². The van der Waals surface area contributed by atoms with Gasteiger partial charge in [-0.15, -0.1) is 0 Å². The average Bonchev–Trinajstić information content (AvgIpc) is 2.88. The number of hydrogen-bond donors (Lipinski definition) is 2. The smallest absolute Gasteiger partial charge is 0.307 e. The molecule has 8 heteroatoms. The van der Waals surface area contributed by atoms with Gasteiger partial charge in [0.2, 0.25) is 15.9 Å². The number of hydrogen-bond acceptors (Lipinski definition) is 4. The molecule has 0 aromatic heterocycles. The largest absolute Gasteiger partial charge is 0.481 e. The van der Waals surface area contributed by atoms with Crippen molar-refractivity contribution in [2.45, 2.75) is 20.3 Å². The number of nitrogens with one attached hydrogen (secondary N) is 1. The highest BCUT2D eigenvalue weighted by Crippen LogP contribution is 2.58. The van der Waals surface area contributed by atoms with Crippen LogP contribution in [0.5, 0.6) is 0 Å². The summed E-state index contributed by atoms with van der Waals surface area (Å²) in [5.74, 6) is -2.49. The van der Waals surface area contributed by atoms with Crippen LogP contribution in [0.4, 0.5) is 11.4 Å². The quantitative estimate of drug-likeness (QED) is 0.855. The van der Waals surface area contributed by atoms with Gasteiger partial charge in [0.25, 0.3) is 0 Å². The molecule has 2 aliphatic rings. The van der Waals surface area contributed by atoms with E-state index in [0.29, 0.717) is 24.3 Å². The molecule has 1 heterocycles. The number of carboxylic acid groups (broad SMARTS) is 1. The van der Waals surface area contributed by atoms with Crippen LogP contribution >= 0.6 is 0 Å². The predicted octanol–water partition coefficient (Wildman–Crippen LogP) is 1.52. The Bertz CT molecular complexity index is 802. The summed E-state index contributed by atoms with van der Waals surface area (Å²) in [4.78, 5) is 23.5. The Morgan fingerprint density at radius 2 is 2.00 bits per heavy atom. The zero-order chi connectivity index (χ0) is 17.7. The van der Waals surface area contributed by atoms with E-state index in [1.807, 2.05) is 0 Å². The highest BCUT2D eigenvalue weighted by Gasteiger charge is 2.65. The number of carbonyl (C=O) groups excluding carboxylic acids is 1. The van der Waals surface area contributed by atoms with Gasteiger partial charge in [0.15, 0.2) is 0 Å². The second kappa shape index (κ2) is 5.47. The van der Waals surface area contributed by atoms with Gasteiger partial charge in [-0.1, -0.05) is 19.9 Å². The number of carbonyl (C=O) groups is 2. The van der Waals surface area contributed by atoms with Gasteiger partial charge >= 0.3 is 5.97 Å². The molecule has 0 unspecified atom stereocenters. The summed E-state index contributed by atoms with van der Waals surface area (Å²) in [5.41, 5.74) is 0.396. The SMILES string of the molecule is CC1(C)[C@H](C(=O)O)[C@@H]1C(=O)Nc1cccc(N2CCCS2(=O)=O)c1. The maximum Gasteiger partial charge on any atom is 0.307 e. The van der Waals surface area contributed by atoms with Crippen LogP contribution in [-0.4, -0.2) is 37.7 Å². The fraction of sp³-hybridized carbons (Fsp3) is 0.500. The van der Waals surface area contributed by atoms with Gasteiger partial charge in [-0.05, 0) is 30.0 Å². The van der Waals surface area contributed by atoms with Gasteiger partial charge in [-0.3, -0.25) is 13.9 Å². The first-order valence-electron chi connectivity index (χ1n) is 7.79. The molecule has 1 saturated heterocycles. The molecule has 24 heavy (non-hydrogen) atoms. The summed E-state index contributed by atoms with van der Waals surface area (Å²) in [5, 5.41) is 11.9. The molecule has 7 nitrogen and oxygen atoms in total. The molecular weight excluding hydrogens is 332 g/mol. The minimum atomic E-state index is -3.29. The summed E-state index contributed by atoms with van der Waals surface area (Å²) in [7, 11) is -3.29. The molecule has 1 aromatic rings. The van der Waals surface area contributed by atoms with Crippen LogP contribution in [0.1, 0.15) is 20.3 Å². The Morgan fingerprint density at radius 3 is 2.54 bits per heavy atom. The lowest BCUT2D eigenvalue weighted by atomic mass is 10.1. The van der Waals surface area contributed by atoms with Gasteiger partial charge < -0.3 is 10.4 Å². The molecule has 0 bridgehead atoms. The van der Waals surface area contributed by atoms with Crippen molar-refractivity contribution < 1.29 is 23.1 Å². The van der Waals surface area contributed by atoms with Crippen LogP contribution in [0.25, 0.3) is 0 Å². The Morgan fingerprint density at radius 1 is 1.29 bits per heavy atom. The Kier molecular flexibility index (Phi) is 3.82. The molecule has 2 N–H and O–H groups in total. The van der Waals surface area contributed by atoms with E-state index in [0.717, 1.165) is 0 Å². The molecule has 1 aliphatic heterocycles. The van der Waals surface area contributed by atoms with Gasteiger partial charge in [-0.2, -0.15) is 0 Å². The van der Waals surface area contributed by atoms with Crippen LogP contribution in [0, 0.1) is 17.3 Å². The van der Waals surface area contributed by atoms with Crippen molar-refractivity contribution >= 4 is 33.3 Å². The molecule has 3 rings (SSSR count). The van der Waals surface area contributed by atoms with E-state index in [1.165, 1.54) is 4.31 Å². The van der Waals surface area contributed by atoms with Crippen molar-refractivity contribution in [3.8, 4) is 0 Å². The third-order valence-electron chi connectivity index (χ3n) is 4.88. The molecule has 0 radical (unpaired) electrons. The van der Waals surface area contributed by atoms with Crippen molar-refractivity contribution in [3.63, 3.8) is 0 Å². The monoisotopic (exact) mass is 352 g/mol. The summed E-state index contributed by atoms with van der Waals surface area (Å²) in [6.45, 7) is 3.93. The van der Waals surface area contributed by atoms with Crippen LogP contribution < -0.4 is 9.62 Å². The fourth-order valence-corrected chi connectivity index (χ4v) is 5.03. The maximum atomic E-state index is 12.4. The highest BCUT2D eigenvalue weighted by molar-refractivity contribution is 7.93. The third-order valence-corrected chi connectivity index (χ3v) is 6.75. The minimum Gasteiger partial charge on any atom is -0.481 e. The zero-order valence-corrected chi connectivity index (χ0v) is 14.3. The van der Waals surface area contributed by atoms with Crippen LogP contribution in [0.2, 0.25) is 0 Å². The van der Waals surface area contributed by atoms with Gasteiger partial charge in [0.1, 0.15) is 0 Å². The number of amides is 1. The van der Waals surface area contributed by atoms with E-state index < -0.39 is 33.2 Å². The topological polar surface area (TPSA) is 104 Å². The van der Waals surface area contributed by atoms with Crippen molar-refractivity contribution in [3.05, 3.63) is 24.3 Å². The van der Waals surface area contributed by atoms with Crippen LogP contribution in [0.15, 0.2) is 24.3 Å². The van der Waals surface area contributed by atoms with E-state index >= 15 is 0 Å². The van der Waals surface area contributed by atoms with E-state index in [-0.39, 0.29) is 11.7 Å². The standard InChI is InChI=1S/C16H20N2O5S/c1-16(2)12(13(16)15(20)21)14(19)17-10-5-3-6-11(9-10)18-7-4-8-24(18,22)23/h3,5-6,9,12-13H,4,7-8H2,1-2H3,(H,17,19)(H,20,21)/t12-,13+/m1/s1. The minimum absolute atomic E-state index is 0.125. The summed E-state index contributed by atoms with van der Waals surface area (Å²) < 4.78 is 25.3. The maximum absolute atomic E-state index is 12.4. The Hall–Kier alpha value is -2.09. The highest BCUT2D eigenvalue weighted by atomic mass is 32.2. The molecule has 130 valence electrons. The molecule has 1 amide bonds. The lowest BCUT2D eigenvalue weighted by molar-refractivity contribution is -0.140. The van der Waals surface area contributed by atoms with Crippen molar-refractivity contribution in [2.24, 2.45) is 17.3 Å². The van der Waals surface area contributed by atoms with E-state index in [1.54, 1.807) is 38.1 Å². The lowest BCUT2D eigenvalue weighted by Gasteiger charge is -2.18. The van der Waals surface area contributed by atoms with Gasteiger partial charge in [0, 0.05) is 12.2 Å². The molecule has 1 saturated carbocycles. The number of anilines is 2. The second-order valence-corrected chi connectivity index (χ2v) is 8.91. The summed E-state index contributed by atoms with van der Waals surface area (Å²) >= 11 is 0. The fourth-order valence-electron chi connectivity index (χ4n) is 3.48. The first-order chi connectivity index (χ1) is 11.1. The second-order valence-electron chi connectivity index (χ2n) is 6.90. The average molecular weight is 352 g/mol. The Balaban J connectivity index is 1.76. The first kappa shape index (κ1) is 16.8. The van der Waals surface area contributed by atoms with Crippen LogP contribution in [-0.2, 0) is 19.6 Å². The molecule has 2 fully saturated rings. The van der Waals surface area contributed by atoms with Crippen LogP contribution in [0.3, 0.4) is 0 Å². The lowest BCUT2D eigenvalue weighted by Crippen LogP contribution is -2.25. The number of benzene rings is 1. The number of carboxylic acids is 1. The number of sulfonamides is 1. The zero-order valence-electron chi connectivity index (χ0n) is 13.5. The molecule has 1 aliphatic carbocycles. The van der Waals surface area contributed by atoms with E-state index in [9.17, 15) is 18.0 Å². The molecule has 2 atom stereocenters. The van der Waals surface area contributed by atoms with Crippen molar-refractivity contribution in [1.82, 2.24) is 0 Å². The van der Waals surface area contributed by atoms with E-state index in [4.69, 9.17) is 5.11 Å². The van der Waals surface area contributed by atoms with Crippen molar-refractivity contribution in [1.29, 1.82) is 0 Å². The number of nitrogens with zero attached hydrogens (tertiary/aromatic N) is 1. The van der Waals surface area contributed by atoms with Gasteiger partial charge in [0.05, 0.1) is 23.3 Å². The number of aliphatic carboxylic acids is 1. The Labute approximate surface area is 140 Å². The first-order valence-corrected chi connectivity index (χ1v) is 9.39. The predicted molar refractivity (Wildman–Crippen MR) is 89.2 cm³/mol. The molecule has 0 spiro atoms. The number of rotatable bonds is 4. The van der Waals surface area contributed by atoms with E-state index in [2.05, 4.69) is 5.32 Å². The third kappa shape index (κ3) is 2.75. The summed E-state index contributed by atoms with van der Waals surface area (Å²) in [6.07, 6.45) is 0.579. The van der Waals surface area contributed by atoms with Crippen molar-refractivity contribution in [2.75, 3.05) is 21.9 Å². The molecular formula is C16H20N2O5S. The summed E-state index contributed by atoms with van der Waals surface area (Å²) in [6, 6.07) is 6.62.